The van der Waals surface area contributed by atoms with E-state index in [0.29, 0.717) is 6.04 Å². The first-order valence-corrected chi connectivity index (χ1v) is 7.90. The Morgan fingerprint density at radius 3 is 2.65 bits per heavy atom. The number of benzene rings is 1. The zero-order chi connectivity index (χ0) is 13.8. The Hall–Kier alpha value is -1.51. The summed E-state index contributed by atoms with van der Waals surface area (Å²) in [4.78, 5) is 14.3. The van der Waals surface area contributed by atoms with E-state index in [0.717, 1.165) is 37.2 Å². The van der Waals surface area contributed by atoms with Gasteiger partial charge >= 0.3 is 0 Å². The number of anilines is 1. The number of carbonyl (C=O) groups is 1. The summed E-state index contributed by atoms with van der Waals surface area (Å²) in [5.74, 6) is 0.170. The molecule has 0 spiro atoms. The lowest BCUT2D eigenvalue weighted by Crippen LogP contribution is -2.28. The molecule has 107 valence electrons. The third kappa shape index (κ3) is 3.14. The van der Waals surface area contributed by atoms with Gasteiger partial charge in [0.15, 0.2) is 0 Å². The van der Waals surface area contributed by atoms with Crippen molar-refractivity contribution >= 4 is 11.6 Å². The van der Waals surface area contributed by atoms with Gasteiger partial charge in [0, 0.05) is 36.4 Å². The number of amides is 1. The number of nitrogens with zero attached hydrogens (tertiary/aromatic N) is 1. The van der Waals surface area contributed by atoms with Crippen LogP contribution in [0.4, 0.5) is 5.69 Å². The van der Waals surface area contributed by atoms with E-state index in [9.17, 15) is 4.79 Å². The van der Waals surface area contributed by atoms with Crippen LogP contribution in [-0.4, -0.2) is 29.9 Å². The molecule has 3 heteroatoms. The molecule has 2 fully saturated rings. The van der Waals surface area contributed by atoms with Crippen LogP contribution < -0.4 is 5.32 Å². The summed E-state index contributed by atoms with van der Waals surface area (Å²) in [7, 11) is 0. The molecule has 0 bridgehead atoms. The molecular formula is C17H23N2O. The third-order valence-electron chi connectivity index (χ3n) is 4.41. The van der Waals surface area contributed by atoms with E-state index in [-0.39, 0.29) is 5.91 Å². The van der Waals surface area contributed by atoms with Crippen molar-refractivity contribution in [1.82, 2.24) is 4.90 Å². The van der Waals surface area contributed by atoms with Gasteiger partial charge in [-0.25, -0.2) is 0 Å². The Labute approximate surface area is 121 Å². The maximum Gasteiger partial charge on any atom is 0.253 e. The van der Waals surface area contributed by atoms with Gasteiger partial charge in [-0.1, -0.05) is 25.3 Å². The minimum absolute atomic E-state index is 0.170. The van der Waals surface area contributed by atoms with Gasteiger partial charge < -0.3 is 10.2 Å². The molecule has 0 aromatic heterocycles. The summed E-state index contributed by atoms with van der Waals surface area (Å²) in [6.45, 7) is 1.81. The Morgan fingerprint density at radius 1 is 1.15 bits per heavy atom. The molecule has 1 saturated heterocycles. The Kier molecular flexibility index (Phi) is 4.24. The average Bonchev–Trinajstić information content (AvgIpc) is 3.02. The smallest absolute Gasteiger partial charge is 0.253 e. The first-order valence-electron chi connectivity index (χ1n) is 7.90. The van der Waals surface area contributed by atoms with Crippen LogP contribution in [0.2, 0.25) is 0 Å². The van der Waals surface area contributed by atoms with Crippen LogP contribution in [-0.2, 0) is 0 Å². The summed E-state index contributed by atoms with van der Waals surface area (Å²) in [6, 6.07) is 9.49. The second-order valence-corrected chi connectivity index (χ2v) is 5.97. The fourth-order valence-electron chi connectivity index (χ4n) is 3.25. The molecule has 1 N–H and O–H groups in total. The average molecular weight is 271 g/mol. The molecule has 2 aliphatic rings. The lowest BCUT2D eigenvalue weighted by Gasteiger charge is -2.24. The predicted octanol–water partition coefficient (Wildman–Crippen LogP) is 3.47. The second kappa shape index (κ2) is 6.29. The van der Waals surface area contributed by atoms with Crippen LogP contribution in [0.1, 0.15) is 55.3 Å². The van der Waals surface area contributed by atoms with Gasteiger partial charge in [0.05, 0.1) is 0 Å². The molecule has 1 aromatic carbocycles. The topological polar surface area (TPSA) is 32.3 Å². The maximum atomic E-state index is 12.4. The van der Waals surface area contributed by atoms with Crippen molar-refractivity contribution in [3.63, 3.8) is 0 Å². The summed E-state index contributed by atoms with van der Waals surface area (Å²) < 4.78 is 0. The molecule has 3 rings (SSSR count). The van der Waals surface area contributed by atoms with Crippen molar-refractivity contribution in [1.29, 1.82) is 0 Å². The number of carbonyl (C=O) groups excluding carboxylic acids is 1. The van der Waals surface area contributed by atoms with Crippen molar-refractivity contribution in [2.24, 2.45) is 0 Å². The van der Waals surface area contributed by atoms with Gasteiger partial charge in [0.2, 0.25) is 0 Å². The van der Waals surface area contributed by atoms with E-state index < -0.39 is 0 Å². The highest BCUT2D eigenvalue weighted by Gasteiger charge is 2.20. The quantitative estimate of drug-likeness (QED) is 0.913. The summed E-state index contributed by atoms with van der Waals surface area (Å²) in [6.07, 6.45) is 8.72. The highest BCUT2D eigenvalue weighted by atomic mass is 16.2. The monoisotopic (exact) mass is 271 g/mol. The Morgan fingerprint density at radius 2 is 1.90 bits per heavy atom. The Balaban J connectivity index is 1.67. The predicted molar refractivity (Wildman–Crippen MR) is 80.9 cm³/mol. The van der Waals surface area contributed by atoms with Gasteiger partial charge in [-0.2, -0.15) is 0 Å². The van der Waals surface area contributed by atoms with Crippen molar-refractivity contribution in [2.45, 2.75) is 51.0 Å². The second-order valence-electron chi connectivity index (χ2n) is 5.97. The van der Waals surface area contributed by atoms with E-state index in [4.69, 9.17) is 0 Å². The SMILES string of the molecule is O=C(c1cc[c]c(NC2CCCCC2)c1)N1CCCC1. The molecule has 0 unspecified atom stereocenters. The Bertz CT molecular complexity index is 460. The molecule has 1 aliphatic carbocycles. The maximum absolute atomic E-state index is 12.4. The fraction of sp³-hybridized carbons (Fsp3) is 0.588. The summed E-state index contributed by atoms with van der Waals surface area (Å²) in [5.41, 5.74) is 1.77. The van der Waals surface area contributed by atoms with Crippen LogP contribution in [0.15, 0.2) is 18.2 Å². The van der Waals surface area contributed by atoms with E-state index in [2.05, 4.69) is 11.4 Å². The molecule has 20 heavy (non-hydrogen) atoms. The van der Waals surface area contributed by atoms with E-state index in [1.165, 1.54) is 32.1 Å². The van der Waals surface area contributed by atoms with E-state index in [1.807, 2.05) is 23.1 Å². The standard InChI is InChI=1S/C17H23N2O/c20-17(19-11-4-5-12-19)14-7-6-10-16(13-14)18-15-8-2-1-3-9-15/h6-7,13,15,18H,1-5,8-9,11-12H2. The number of rotatable bonds is 3. The zero-order valence-corrected chi connectivity index (χ0v) is 12.0. The van der Waals surface area contributed by atoms with Gasteiger partial charge in [0.25, 0.3) is 5.91 Å². The van der Waals surface area contributed by atoms with Gasteiger partial charge in [-0.15, -0.1) is 0 Å². The van der Waals surface area contributed by atoms with Crippen LogP contribution in [0.5, 0.6) is 0 Å². The van der Waals surface area contributed by atoms with Gasteiger partial charge in [0.1, 0.15) is 0 Å². The third-order valence-corrected chi connectivity index (χ3v) is 4.41. The van der Waals surface area contributed by atoms with Crippen molar-refractivity contribution in [3.8, 4) is 0 Å². The van der Waals surface area contributed by atoms with Gasteiger partial charge in [-0.05, 0) is 37.8 Å². The lowest BCUT2D eigenvalue weighted by molar-refractivity contribution is 0.0793. The van der Waals surface area contributed by atoms with Crippen molar-refractivity contribution in [3.05, 3.63) is 29.8 Å². The molecule has 0 atom stereocenters. The molecule has 1 amide bonds. The fourth-order valence-corrected chi connectivity index (χ4v) is 3.25. The van der Waals surface area contributed by atoms with Crippen LogP contribution >= 0.6 is 0 Å². The minimum atomic E-state index is 0.170. The van der Waals surface area contributed by atoms with E-state index >= 15 is 0 Å². The molecule has 3 nitrogen and oxygen atoms in total. The zero-order valence-electron chi connectivity index (χ0n) is 12.0. The number of hydrogen-bond acceptors (Lipinski definition) is 2. The van der Waals surface area contributed by atoms with Crippen LogP contribution in [0, 0.1) is 6.07 Å². The molecule has 1 radical (unpaired) electrons. The summed E-state index contributed by atoms with van der Waals surface area (Å²) >= 11 is 0. The van der Waals surface area contributed by atoms with E-state index in [1.54, 1.807) is 0 Å². The highest BCUT2D eigenvalue weighted by molar-refractivity contribution is 5.95. The normalized spacial score (nSPS) is 20.1. The molecule has 1 aliphatic heterocycles. The number of likely N-dealkylation sites (tertiary alicyclic amines) is 1. The van der Waals surface area contributed by atoms with Gasteiger partial charge in [-0.3, -0.25) is 4.79 Å². The highest BCUT2D eigenvalue weighted by Crippen LogP contribution is 2.22. The van der Waals surface area contributed by atoms with Crippen molar-refractivity contribution in [2.75, 3.05) is 18.4 Å². The largest absolute Gasteiger partial charge is 0.382 e. The minimum Gasteiger partial charge on any atom is -0.382 e. The van der Waals surface area contributed by atoms with Crippen LogP contribution in [0.3, 0.4) is 0 Å². The first-order chi connectivity index (χ1) is 9.83. The lowest BCUT2D eigenvalue weighted by atomic mass is 9.95. The van der Waals surface area contributed by atoms with Crippen molar-refractivity contribution < 1.29 is 4.79 Å². The molecule has 1 aromatic rings. The number of hydrogen-bond donors (Lipinski definition) is 1. The summed E-state index contributed by atoms with van der Waals surface area (Å²) in [5, 5.41) is 3.54. The number of nitrogens with one attached hydrogen (secondary N) is 1. The molecule has 1 saturated carbocycles. The van der Waals surface area contributed by atoms with Crippen LogP contribution in [0.25, 0.3) is 0 Å². The first kappa shape index (κ1) is 13.5. The molecular weight excluding hydrogens is 248 g/mol. The molecule has 1 heterocycles.